The third-order valence-electron chi connectivity index (χ3n) is 2.11. The number of nitrogens with zero attached hydrogens (tertiary/aromatic N) is 1. The molecule has 72 valence electrons. The van der Waals surface area contributed by atoms with Gasteiger partial charge in [0.05, 0.1) is 4.70 Å². The predicted molar refractivity (Wildman–Crippen MR) is 56.4 cm³/mol. The highest BCUT2D eigenvalue weighted by Crippen LogP contribution is 2.19. The van der Waals surface area contributed by atoms with Crippen molar-refractivity contribution in [2.24, 2.45) is 5.73 Å². The molecule has 0 bridgehead atoms. The van der Waals surface area contributed by atoms with Crippen molar-refractivity contribution in [1.29, 1.82) is 0 Å². The van der Waals surface area contributed by atoms with Crippen molar-refractivity contribution < 1.29 is 9.36 Å². The maximum absolute atomic E-state index is 11.2. The van der Waals surface area contributed by atoms with E-state index in [0.29, 0.717) is 0 Å². The second-order valence-electron chi connectivity index (χ2n) is 2.99. The van der Waals surface area contributed by atoms with E-state index in [0.717, 1.165) is 21.6 Å². The quantitative estimate of drug-likeness (QED) is 0.710. The first kappa shape index (κ1) is 9.15. The van der Waals surface area contributed by atoms with Crippen molar-refractivity contribution in [1.82, 2.24) is 0 Å². The van der Waals surface area contributed by atoms with Crippen LogP contribution in [0.2, 0.25) is 0 Å². The molecule has 0 spiro atoms. The van der Waals surface area contributed by atoms with Gasteiger partial charge >= 0.3 is 6.03 Å². The molecule has 1 aromatic heterocycles. The number of primary amides is 1. The number of hydrogen-bond donors (Lipinski definition) is 1. The predicted octanol–water partition coefficient (Wildman–Crippen LogP) is 1.68. The van der Waals surface area contributed by atoms with Gasteiger partial charge in [-0.25, -0.2) is 0 Å². The highest BCUT2D eigenvalue weighted by atomic mass is 32.1. The Morgan fingerprint density at radius 3 is 2.86 bits per heavy atom. The average molecular weight is 207 g/mol. The second kappa shape index (κ2) is 3.38. The summed E-state index contributed by atoms with van der Waals surface area (Å²) in [6.07, 6.45) is 0.822. The largest absolute Gasteiger partial charge is 0.495 e. The highest BCUT2D eigenvalue weighted by molar-refractivity contribution is 7.18. The van der Waals surface area contributed by atoms with Crippen LogP contribution >= 0.6 is 11.3 Å². The molecule has 4 heteroatoms. The number of thiazole rings is 1. The number of aromatic nitrogens is 1. The molecule has 2 rings (SSSR count). The fraction of sp³-hybridized carbons (Fsp3) is 0.200. The van der Waals surface area contributed by atoms with E-state index >= 15 is 0 Å². The topological polar surface area (TPSA) is 47.0 Å². The lowest BCUT2D eigenvalue weighted by Gasteiger charge is -1.92. The Morgan fingerprint density at radius 2 is 2.21 bits per heavy atom. The van der Waals surface area contributed by atoms with E-state index in [9.17, 15) is 4.79 Å². The molecule has 1 aromatic carbocycles. The van der Waals surface area contributed by atoms with Gasteiger partial charge in [0.15, 0.2) is 10.5 Å². The smallest absolute Gasteiger partial charge is 0.250 e. The van der Waals surface area contributed by atoms with Crippen LogP contribution in [0.25, 0.3) is 10.2 Å². The van der Waals surface area contributed by atoms with Crippen molar-refractivity contribution in [3.63, 3.8) is 0 Å². The Hall–Kier alpha value is -1.42. The minimum atomic E-state index is -0.403. The molecule has 0 aliphatic carbocycles. The van der Waals surface area contributed by atoms with Gasteiger partial charge in [-0.3, -0.25) is 5.73 Å². The van der Waals surface area contributed by atoms with Crippen molar-refractivity contribution in [2.75, 3.05) is 0 Å². The number of nitrogens with two attached hydrogens (primary N) is 1. The molecule has 14 heavy (non-hydrogen) atoms. The third-order valence-corrected chi connectivity index (χ3v) is 3.38. The van der Waals surface area contributed by atoms with Crippen LogP contribution in [0.15, 0.2) is 24.3 Å². The molecule has 0 aliphatic rings. The van der Waals surface area contributed by atoms with Gasteiger partial charge in [-0.05, 0) is 12.1 Å². The lowest BCUT2D eigenvalue weighted by Crippen LogP contribution is -2.48. The molecule has 3 nitrogen and oxygen atoms in total. The van der Waals surface area contributed by atoms with Gasteiger partial charge < -0.3 is 0 Å². The Kier molecular flexibility index (Phi) is 2.21. The number of rotatable bonds is 1. The molecule has 0 aliphatic heterocycles. The number of amides is 1. The van der Waals surface area contributed by atoms with Crippen LogP contribution in [0.3, 0.4) is 0 Å². The molecule has 0 fully saturated rings. The molecule has 2 N–H and O–H groups in total. The SMILES string of the molecule is CCc1sc2ccccc2[n+]1C(N)=O. The van der Waals surface area contributed by atoms with Crippen LogP contribution < -0.4 is 10.3 Å². The monoisotopic (exact) mass is 207 g/mol. The summed E-state index contributed by atoms with van der Waals surface area (Å²) >= 11 is 1.61. The van der Waals surface area contributed by atoms with Crippen LogP contribution in [-0.4, -0.2) is 6.03 Å². The standard InChI is InChI=1S/C10H10N2OS/c1-2-9-12(10(11)13)7-5-3-4-6-8(7)14-9/h3-6H,2H2,1H3,(H-,11,13)/p+1. The summed E-state index contributed by atoms with van der Waals surface area (Å²) in [6.45, 7) is 2.02. The van der Waals surface area contributed by atoms with E-state index in [1.54, 1.807) is 15.9 Å². The maximum Gasteiger partial charge on any atom is 0.495 e. The summed E-state index contributed by atoms with van der Waals surface area (Å²) in [4.78, 5) is 11.2. The van der Waals surface area contributed by atoms with Gasteiger partial charge in [0.2, 0.25) is 0 Å². The molecule has 2 aromatic rings. The zero-order valence-electron chi connectivity index (χ0n) is 7.86. The minimum absolute atomic E-state index is 0.403. The van der Waals surface area contributed by atoms with E-state index in [1.165, 1.54) is 0 Å². The zero-order chi connectivity index (χ0) is 10.1. The fourth-order valence-electron chi connectivity index (χ4n) is 1.51. The summed E-state index contributed by atoms with van der Waals surface area (Å²) in [7, 11) is 0. The molecule has 1 amide bonds. The summed E-state index contributed by atoms with van der Waals surface area (Å²) in [5, 5.41) is 0.999. The molecular formula is C10H11N2OS+. The summed E-state index contributed by atoms with van der Waals surface area (Å²) < 4.78 is 2.68. The van der Waals surface area contributed by atoms with Gasteiger partial charge in [0, 0.05) is 6.42 Å². The Balaban J connectivity index is 2.81. The fourth-order valence-corrected chi connectivity index (χ4v) is 2.60. The van der Waals surface area contributed by atoms with Crippen LogP contribution in [0.5, 0.6) is 0 Å². The van der Waals surface area contributed by atoms with Crippen LogP contribution in [0.4, 0.5) is 4.79 Å². The summed E-state index contributed by atoms with van der Waals surface area (Å²) in [6, 6.07) is 7.38. The van der Waals surface area contributed by atoms with Crippen LogP contribution in [0, 0.1) is 0 Å². The lowest BCUT2D eigenvalue weighted by atomic mass is 10.3. The number of hydrogen-bond acceptors (Lipinski definition) is 2. The first-order valence-electron chi connectivity index (χ1n) is 4.46. The van der Waals surface area contributed by atoms with E-state index in [4.69, 9.17) is 5.73 Å². The van der Waals surface area contributed by atoms with Gasteiger partial charge in [0.25, 0.3) is 0 Å². The normalized spacial score (nSPS) is 10.6. The molecule has 1 heterocycles. The number of carbonyl (C=O) groups is 1. The van der Waals surface area contributed by atoms with Crippen molar-refractivity contribution in [3.05, 3.63) is 29.3 Å². The molecule has 0 unspecified atom stereocenters. The highest BCUT2D eigenvalue weighted by Gasteiger charge is 2.19. The first-order valence-corrected chi connectivity index (χ1v) is 5.28. The van der Waals surface area contributed by atoms with Crippen molar-refractivity contribution >= 4 is 27.6 Å². The van der Waals surface area contributed by atoms with E-state index < -0.39 is 6.03 Å². The summed E-state index contributed by atoms with van der Waals surface area (Å²) in [5.41, 5.74) is 6.24. The second-order valence-corrected chi connectivity index (χ2v) is 4.11. The number of fused-ring (bicyclic) bond motifs is 1. The van der Waals surface area contributed by atoms with E-state index in [1.807, 2.05) is 31.2 Å². The van der Waals surface area contributed by atoms with Gasteiger partial charge in [-0.2, -0.15) is 9.36 Å². The number of benzene rings is 1. The molecule has 0 radical (unpaired) electrons. The number of aryl methyl sites for hydroxylation is 1. The maximum atomic E-state index is 11.2. The van der Waals surface area contributed by atoms with Gasteiger partial charge in [0.1, 0.15) is 0 Å². The van der Waals surface area contributed by atoms with Crippen molar-refractivity contribution in [2.45, 2.75) is 13.3 Å². The molecule has 0 atom stereocenters. The van der Waals surface area contributed by atoms with E-state index in [2.05, 4.69) is 0 Å². The molecule has 0 saturated carbocycles. The third kappa shape index (κ3) is 1.28. The summed E-state index contributed by atoms with van der Waals surface area (Å²) in [5.74, 6) is 0. The Labute approximate surface area is 85.8 Å². The van der Waals surface area contributed by atoms with Crippen LogP contribution in [-0.2, 0) is 6.42 Å². The van der Waals surface area contributed by atoms with E-state index in [-0.39, 0.29) is 0 Å². The Morgan fingerprint density at radius 1 is 1.50 bits per heavy atom. The van der Waals surface area contributed by atoms with Crippen molar-refractivity contribution in [3.8, 4) is 0 Å². The Bertz CT molecular complexity index is 490. The number of carbonyl (C=O) groups excluding carboxylic acids is 1. The van der Waals surface area contributed by atoms with Gasteiger partial charge in [-0.1, -0.05) is 30.4 Å². The minimum Gasteiger partial charge on any atom is -0.250 e. The van der Waals surface area contributed by atoms with Gasteiger partial charge in [-0.15, -0.1) is 0 Å². The molecule has 0 saturated heterocycles. The zero-order valence-corrected chi connectivity index (χ0v) is 8.67. The van der Waals surface area contributed by atoms with Crippen LogP contribution in [0.1, 0.15) is 11.9 Å². The average Bonchev–Trinajstić information content (AvgIpc) is 2.55. The molecular weight excluding hydrogens is 196 g/mol. The number of para-hydroxylation sites is 1. The lowest BCUT2D eigenvalue weighted by molar-refractivity contribution is -0.544. The first-order chi connectivity index (χ1) is 6.74.